The molecule has 27 heavy (non-hydrogen) atoms. The van der Waals surface area contributed by atoms with Crippen LogP contribution in [0.15, 0.2) is 41.3 Å². The molecule has 0 saturated carbocycles. The van der Waals surface area contributed by atoms with Crippen molar-refractivity contribution in [3.63, 3.8) is 0 Å². The van der Waals surface area contributed by atoms with E-state index in [4.69, 9.17) is 23.2 Å². The second-order valence-electron chi connectivity index (χ2n) is 6.53. The first kappa shape index (κ1) is 20.1. The minimum atomic E-state index is -3.51. The molecule has 0 spiro atoms. The van der Waals surface area contributed by atoms with Crippen LogP contribution < -0.4 is 10.0 Å². The van der Waals surface area contributed by atoms with Gasteiger partial charge in [-0.05, 0) is 60.7 Å². The first-order valence-electron chi connectivity index (χ1n) is 8.67. The van der Waals surface area contributed by atoms with E-state index in [1.807, 2.05) is 13.0 Å². The van der Waals surface area contributed by atoms with Gasteiger partial charge in [0.15, 0.2) is 0 Å². The van der Waals surface area contributed by atoms with E-state index < -0.39 is 10.0 Å². The molecule has 0 radical (unpaired) electrons. The van der Waals surface area contributed by atoms with Gasteiger partial charge in [0.05, 0.1) is 15.5 Å². The fourth-order valence-corrected chi connectivity index (χ4v) is 4.68. The molecule has 1 amide bonds. The molecule has 0 aliphatic heterocycles. The Morgan fingerprint density at radius 1 is 1.11 bits per heavy atom. The first-order valence-corrected chi connectivity index (χ1v) is 10.9. The monoisotopic (exact) mass is 426 g/mol. The number of rotatable bonds is 6. The van der Waals surface area contributed by atoms with Crippen molar-refractivity contribution >= 4 is 39.1 Å². The molecule has 0 saturated heterocycles. The molecule has 3 rings (SSSR count). The zero-order chi connectivity index (χ0) is 19.6. The fraction of sp³-hybridized carbons (Fsp3) is 0.316. The first-order chi connectivity index (χ1) is 12.8. The van der Waals surface area contributed by atoms with Crippen molar-refractivity contribution in [2.75, 3.05) is 6.54 Å². The lowest BCUT2D eigenvalue weighted by Crippen LogP contribution is -2.35. The van der Waals surface area contributed by atoms with Crippen LogP contribution >= 0.6 is 23.2 Å². The summed E-state index contributed by atoms with van der Waals surface area (Å²) in [7, 11) is -3.51. The number of sulfonamides is 1. The minimum Gasteiger partial charge on any atom is -0.349 e. The molecule has 1 atom stereocenters. The van der Waals surface area contributed by atoms with Gasteiger partial charge in [-0.3, -0.25) is 4.79 Å². The van der Waals surface area contributed by atoms with Crippen molar-refractivity contribution in [2.45, 2.75) is 37.1 Å². The SMILES string of the molecule is CCCNS(=O)(=O)c1ccc2c(c1)CC(NC(=O)c1cc(Cl)ccc1Cl)C2. The van der Waals surface area contributed by atoms with E-state index >= 15 is 0 Å². The summed E-state index contributed by atoms with van der Waals surface area (Å²) in [5, 5.41) is 3.73. The standard InChI is InChI=1S/C19H20Cl2N2O3S/c1-2-7-22-27(25,26)16-5-3-12-8-15(9-13(12)10-16)23-19(24)17-11-14(20)4-6-18(17)21/h3-6,10-11,15,22H,2,7-9H2,1H3,(H,23,24). The zero-order valence-corrected chi connectivity index (χ0v) is 17.1. The molecule has 5 nitrogen and oxygen atoms in total. The van der Waals surface area contributed by atoms with Gasteiger partial charge in [-0.15, -0.1) is 0 Å². The highest BCUT2D eigenvalue weighted by Gasteiger charge is 2.26. The van der Waals surface area contributed by atoms with Gasteiger partial charge < -0.3 is 5.32 Å². The maximum atomic E-state index is 12.5. The minimum absolute atomic E-state index is 0.121. The van der Waals surface area contributed by atoms with Gasteiger partial charge in [-0.1, -0.05) is 36.2 Å². The highest BCUT2D eigenvalue weighted by molar-refractivity contribution is 7.89. The van der Waals surface area contributed by atoms with Gasteiger partial charge in [0, 0.05) is 17.6 Å². The Labute approximate surface area is 169 Å². The van der Waals surface area contributed by atoms with Crippen molar-refractivity contribution < 1.29 is 13.2 Å². The van der Waals surface area contributed by atoms with E-state index in [1.165, 1.54) is 6.07 Å². The van der Waals surface area contributed by atoms with Crippen LogP contribution in [0.2, 0.25) is 10.0 Å². The van der Waals surface area contributed by atoms with Gasteiger partial charge in [0.2, 0.25) is 10.0 Å². The predicted octanol–water partition coefficient (Wildman–Crippen LogP) is 3.58. The van der Waals surface area contributed by atoms with Gasteiger partial charge in [0.25, 0.3) is 5.91 Å². The lowest BCUT2D eigenvalue weighted by Gasteiger charge is -2.13. The molecular weight excluding hydrogens is 407 g/mol. The van der Waals surface area contributed by atoms with E-state index in [1.54, 1.807) is 24.3 Å². The second kappa shape index (κ2) is 8.19. The Morgan fingerprint density at radius 3 is 2.59 bits per heavy atom. The lowest BCUT2D eigenvalue weighted by atomic mass is 10.1. The van der Waals surface area contributed by atoms with E-state index in [9.17, 15) is 13.2 Å². The van der Waals surface area contributed by atoms with Crippen LogP contribution in [0.5, 0.6) is 0 Å². The van der Waals surface area contributed by atoms with E-state index in [2.05, 4.69) is 10.0 Å². The van der Waals surface area contributed by atoms with Gasteiger partial charge in [-0.25, -0.2) is 13.1 Å². The van der Waals surface area contributed by atoms with Crippen LogP contribution in [-0.4, -0.2) is 26.9 Å². The molecule has 2 N–H and O–H groups in total. The number of nitrogens with one attached hydrogen (secondary N) is 2. The maximum absolute atomic E-state index is 12.5. The number of carbonyl (C=O) groups excluding carboxylic acids is 1. The van der Waals surface area contributed by atoms with Crippen LogP contribution in [0.1, 0.15) is 34.8 Å². The van der Waals surface area contributed by atoms with E-state index in [-0.39, 0.29) is 16.8 Å². The molecule has 2 aromatic rings. The van der Waals surface area contributed by atoms with E-state index in [0.717, 1.165) is 17.5 Å². The summed E-state index contributed by atoms with van der Waals surface area (Å²) in [5.41, 5.74) is 2.29. The third-order valence-corrected chi connectivity index (χ3v) is 6.49. The Kier molecular flexibility index (Phi) is 6.11. The van der Waals surface area contributed by atoms with Gasteiger partial charge in [0.1, 0.15) is 0 Å². The molecule has 1 unspecified atom stereocenters. The molecule has 0 bridgehead atoms. The quantitative estimate of drug-likeness (QED) is 0.740. The van der Waals surface area contributed by atoms with Crippen molar-refractivity contribution in [3.05, 3.63) is 63.1 Å². The van der Waals surface area contributed by atoms with E-state index in [0.29, 0.717) is 35.0 Å². The average Bonchev–Trinajstić information content (AvgIpc) is 3.03. The zero-order valence-electron chi connectivity index (χ0n) is 14.8. The highest BCUT2D eigenvalue weighted by atomic mass is 35.5. The molecule has 0 fully saturated rings. The topological polar surface area (TPSA) is 75.3 Å². The highest BCUT2D eigenvalue weighted by Crippen LogP contribution is 2.26. The van der Waals surface area contributed by atoms with Crippen molar-refractivity contribution in [1.29, 1.82) is 0 Å². The van der Waals surface area contributed by atoms with Crippen LogP contribution in [-0.2, 0) is 22.9 Å². The number of benzene rings is 2. The number of hydrogen-bond donors (Lipinski definition) is 2. The Hall–Kier alpha value is -1.60. The molecular formula is C19H20Cl2N2O3S. The van der Waals surface area contributed by atoms with Crippen LogP contribution in [0.3, 0.4) is 0 Å². The lowest BCUT2D eigenvalue weighted by molar-refractivity contribution is 0.0938. The summed E-state index contributed by atoms with van der Waals surface area (Å²) in [5.74, 6) is -0.294. The third-order valence-electron chi connectivity index (χ3n) is 4.47. The summed E-state index contributed by atoms with van der Waals surface area (Å²) in [4.78, 5) is 12.8. The second-order valence-corrected chi connectivity index (χ2v) is 9.14. The Morgan fingerprint density at radius 2 is 1.85 bits per heavy atom. The van der Waals surface area contributed by atoms with Crippen molar-refractivity contribution in [1.82, 2.24) is 10.0 Å². The number of carbonyl (C=O) groups is 1. The molecule has 2 aromatic carbocycles. The normalized spacial score (nSPS) is 16.2. The van der Waals surface area contributed by atoms with Crippen LogP contribution in [0, 0.1) is 0 Å². The largest absolute Gasteiger partial charge is 0.349 e. The molecule has 1 aliphatic rings. The molecule has 0 aromatic heterocycles. The average molecular weight is 427 g/mol. The molecule has 0 heterocycles. The van der Waals surface area contributed by atoms with Crippen LogP contribution in [0.25, 0.3) is 0 Å². The Bertz CT molecular complexity index is 977. The summed E-state index contributed by atoms with van der Waals surface area (Å²) in [6.07, 6.45) is 1.93. The number of fused-ring (bicyclic) bond motifs is 1. The van der Waals surface area contributed by atoms with Crippen molar-refractivity contribution in [3.8, 4) is 0 Å². The summed E-state index contributed by atoms with van der Waals surface area (Å²) >= 11 is 12.0. The maximum Gasteiger partial charge on any atom is 0.253 e. The molecule has 8 heteroatoms. The third kappa shape index (κ3) is 4.63. The fourth-order valence-electron chi connectivity index (χ4n) is 3.12. The number of hydrogen-bond acceptors (Lipinski definition) is 3. The van der Waals surface area contributed by atoms with Crippen LogP contribution in [0.4, 0.5) is 0 Å². The predicted molar refractivity (Wildman–Crippen MR) is 107 cm³/mol. The molecule has 144 valence electrons. The number of amides is 1. The summed E-state index contributed by atoms with van der Waals surface area (Å²) in [6.45, 7) is 2.31. The Balaban J connectivity index is 1.72. The van der Waals surface area contributed by atoms with Gasteiger partial charge >= 0.3 is 0 Å². The number of halogens is 2. The summed E-state index contributed by atoms with van der Waals surface area (Å²) < 4.78 is 27.2. The smallest absolute Gasteiger partial charge is 0.253 e. The van der Waals surface area contributed by atoms with Gasteiger partial charge in [-0.2, -0.15) is 0 Å². The summed E-state index contributed by atoms with van der Waals surface area (Å²) in [6, 6.07) is 9.73. The molecule has 1 aliphatic carbocycles. The van der Waals surface area contributed by atoms with Crippen molar-refractivity contribution in [2.24, 2.45) is 0 Å².